The van der Waals surface area contributed by atoms with E-state index in [0.29, 0.717) is 0 Å². The van der Waals surface area contributed by atoms with Gasteiger partial charge in [0, 0.05) is 0 Å². The average molecular weight is 253 g/mol. The van der Waals surface area contributed by atoms with Crippen molar-refractivity contribution in [3.8, 4) is 0 Å². The van der Waals surface area contributed by atoms with E-state index in [4.69, 9.17) is 14.9 Å². The Balaban J connectivity index is 2.36. The van der Waals surface area contributed by atoms with Crippen molar-refractivity contribution in [1.29, 1.82) is 0 Å². The fourth-order valence-corrected chi connectivity index (χ4v) is 1.24. The number of alkyl carbamates (subject to hydrolysis) is 1. The number of aliphatic hydroxyl groups is 1. The average Bonchev–Trinajstić information content (AvgIpc) is 2.36. The van der Waals surface area contributed by atoms with E-state index < -0.39 is 24.2 Å². The number of amides is 1. The number of carbonyl (C=O) groups excluding carboxylic acids is 1. The van der Waals surface area contributed by atoms with Crippen LogP contribution in [0.5, 0.6) is 0 Å². The van der Waals surface area contributed by atoms with E-state index >= 15 is 0 Å². The molecule has 6 heteroatoms. The van der Waals surface area contributed by atoms with Crippen molar-refractivity contribution < 1.29 is 24.5 Å². The third-order valence-electron chi connectivity index (χ3n) is 2.28. The molecule has 0 radical (unpaired) electrons. The van der Waals surface area contributed by atoms with Crippen LogP contribution < -0.4 is 5.32 Å². The van der Waals surface area contributed by atoms with E-state index in [-0.39, 0.29) is 6.61 Å². The summed E-state index contributed by atoms with van der Waals surface area (Å²) in [5, 5.41) is 19.9. The van der Waals surface area contributed by atoms with Gasteiger partial charge in [-0.15, -0.1) is 0 Å². The summed E-state index contributed by atoms with van der Waals surface area (Å²) in [6.07, 6.45) is -2.43. The van der Waals surface area contributed by atoms with E-state index in [1.54, 1.807) is 12.1 Å². The van der Waals surface area contributed by atoms with Crippen LogP contribution in [0.3, 0.4) is 0 Å². The van der Waals surface area contributed by atoms with E-state index in [2.05, 4.69) is 5.32 Å². The quantitative estimate of drug-likeness (QED) is 0.719. The molecule has 1 aromatic carbocycles. The zero-order valence-corrected chi connectivity index (χ0v) is 9.87. The third kappa shape index (κ3) is 4.42. The van der Waals surface area contributed by atoms with Crippen molar-refractivity contribution in [3.63, 3.8) is 0 Å². The number of hydrogen-bond acceptors (Lipinski definition) is 4. The van der Waals surface area contributed by atoms with Crippen LogP contribution in [0.25, 0.3) is 0 Å². The molecule has 0 aliphatic rings. The Kier molecular flexibility index (Phi) is 5.13. The molecule has 1 amide bonds. The molecule has 0 spiro atoms. The fourth-order valence-electron chi connectivity index (χ4n) is 1.24. The number of aliphatic hydroxyl groups excluding tert-OH is 1. The second-order valence-corrected chi connectivity index (χ2v) is 3.78. The summed E-state index contributed by atoms with van der Waals surface area (Å²) < 4.78 is 4.87. The van der Waals surface area contributed by atoms with Crippen molar-refractivity contribution in [1.82, 2.24) is 5.32 Å². The van der Waals surface area contributed by atoms with Crippen molar-refractivity contribution in [2.75, 3.05) is 0 Å². The highest BCUT2D eigenvalue weighted by molar-refractivity contribution is 5.75. The number of carbonyl (C=O) groups is 2. The summed E-state index contributed by atoms with van der Waals surface area (Å²) in [6, 6.07) is 8.13. The normalized spacial score (nSPS) is 13.4. The summed E-state index contributed by atoms with van der Waals surface area (Å²) in [6.45, 7) is 1.46. The first-order valence-corrected chi connectivity index (χ1v) is 5.39. The Labute approximate surface area is 104 Å². The van der Waals surface area contributed by atoms with Crippen molar-refractivity contribution in [2.45, 2.75) is 25.7 Å². The lowest BCUT2D eigenvalue weighted by atomic mass is 10.2. The molecular weight excluding hydrogens is 238 g/mol. The maximum Gasteiger partial charge on any atom is 0.407 e. The van der Waals surface area contributed by atoms with Crippen LogP contribution in [-0.2, 0) is 16.1 Å². The van der Waals surface area contributed by atoms with Gasteiger partial charge in [0.1, 0.15) is 6.61 Å². The van der Waals surface area contributed by atoms with Crippen LogP contribution in [0.1, 0.15) is 12.5 Å². The van der Waals surface area contributed by atoms with Crippen LogP contribution in [-0.4, -0.2) is 34.4 Å². The van der Waals surface area contributed by atoms with Gasteiger partial charge in [-0.25, -0.2) is 9.59 Å². The number of carboxylic acids is 1. The van der Waals surface area contributed by atoms with Crippen molar-refractivity contribution in [3.05, 3.63) is 35.9 Å². The summed E-state index contributed by atoms with van der Waals surface area (Å²) in [4.78, 5) is 21.8. The van der Waals surface area contributed by atoms with Gasteiger partial charge in [0.25, 0.3) is 0 Å². The van der Waals surface area contributed by atoms with Gasteiger partial charge in [-0.3, -0.25) is 0 Å². The number of rotatable bonds is 5. The Morgan fingerprint density at radius 2 is 1.94 bits per heavy atom. The smallest absolute Gasteiger partial charge is 0.407 e. The standard InChI is InChI=1S/C12H15NO5/c1-8(10(14)11(15)16)13-12(17)18-7-9-5-3-2-4-6-9/h2-6,8,10,14H,7H2,1H3,(H,13,17)(H,15,16)/t8-,10+/m1/s1. The molecule has 1 aromatic rings. The van der Waals surface area contributed by atoms with Crippen LogP contribution in [0.4, 0.5) is 4.79 Å². The predicted octanol–water partition coefficient (Wildman–Crippen LogP) is 0.747. The van der Waals surface area contributed by atoms with E-state index in [0.717, 1.165) is 5.56 Å². The van der Waals surface area contributed by atoms with Crippen LogP contribution >= 0.6 is 0 Å². The molecule has 0 heterocycles. The van der Waals surface area contributed by atoms with E-state index in [9.17, 15) is 9.59 Å². The Bertz CT molecular complexity index is 406. The number of aliphatic carboxylic acids is 1. The molecule has 6 nitrogen and oxygen atoms in total. The molecule has 0 fully saturated rings. The molecule has 0 aromatic heterocycles. The SMILES string of the molecule is C[C@@H](NC(=O)OCc1ccccc1)[C@H](O)C(=O)O. The molecule has 98 valence electrons. The van der Waals surface area contributed by atoms with Gasteiger partial charge in [0.15, 0.2) is 6.10 Å². The molecule has 0 aliphatic heterocycles. The molecule has 2 atom stereocenters. The first-order chi connectivity index (χ1) is 8.50. The number of hydrogen-bond donors (Lipinski definition) is 3. The van der Waals surface area contributed by atoms with Gasteiger partial charge < -0.3 is 20.3 Å². The Morgan fingerprint density at radius 3 is 2.50 bits per heavy atom. The van der Waals surface area contributed by atoms with Gasteiger partial charge in [-0.1, -0.05) is 30.3 Å². The number of nitrogens with one attached hydrogen (secondary N) is 1. The molecule has 3 N–H and O–H groups in total. The molecule has 18 heavy (non-hydrogen) atoms. The van der Waals surface area contributed by atoms with Crippen LogP contribution in [0, 0.1) is 0 Å². The zero-order chi connectivity index (χ0) is 13.5. The molecule has 0 bridgehead atoms. The van der Waals surface area contributed by atoms with E-state index in [1.807, 2.05) is 18.2 Å². The van der Waals surface area contributed by atoms with Crippen molar-refractivity contribution >= 4 is 12.1 Å². The van der Waals surface area contributed by atoms with Gasteiger partial charge >= 0.3 is 12.1 Å². The Morgan fingerprint density at radius 1 is 1.33 bits per heavy atom. The fraction of sp³-hybridized carbons (Fsp3) is 0.333. The molecule has 0 aliphatic carbocycles. The molecular formula is C12H15NO5. The largest absolute Gasteiger partial charge is 0.479 e. The van der Waals surface area contributed by atoms with Crippen LogP contribution in [0.2, 0.25) is 0 Å². The molecule has 0 saturated heterocycles. The monoisotopic (exact) mass is 253 g/mol. The topological polar surface area (TPSA) is 95.9 Å². The maximum atomic E-state index is 11.3. The first kappa shape index (κ1) is 14.0. The first-order valence-electron chi connectivity index (χ1n) is 5.39. The second kappa shape index (κ2) is 6.61. The number of ether oxygens (including phenoxy) is 1. The molecule has 0 saturated carbocycles. The highest BCUT2D eigenvalue weighted by Crippen LogP contribution is 2.01. The lowest BCUT2D eigenvalue weighted by Crippen LogP contribution is -2.45. The summed E-state index contributed by atoms with van der Waals surface area (Å²) in [7, 11) is 0. The number of benzene rings is 1. The highest BCUT2D eigenvalue weighted by Gasteiger charge is 2.23. The molecule has 1 rings (SSSR count). The minimum absolute atomic E-state index is 0.0859. The number of carboxylic acid groups (broad SMARTS) is 1. The zero-order valence-electron chi connectivity index (χ0n) is 9.87. The van der Waals surface area contributed by atoms with Gasteiger partial charge in [0.05, 0.1) is 6.04 Å². The van der Waals surface area contributed by atoms with Crippen molar-refractivity contribution in [2.24, 2.45) is 0 Å². The maximum absolute atomic E-state index is 11.3. The summed E-state index contributed by atoms with van der Waals surface area (Å²) in [5.41, 5.74) is 0.819. The lowest BCUT2D eigenvalue weighted by molar-refractivity contribution is -0.147. The van der Waals surface area contributed by atoms with Gasteiger partial charge in [0.2, 0.25) is 0 Å². The lowest BCUT2D eigenvalue weighted by Gasteiger charge is -2.16. The summed E-state index contributed by atoms with van der Waals surface area (Å²) >= 11 is 0. The third-order valence-corrected chi connectivity index (χ3v) is 2.28. The van der Waals surface area contributed by atoms with Gasteiger partial charge in [-0.05, 0) is 12.5 Å². The summed E-state index contributed by atoms with van der Waals surface area (Å²) in [5.74, 6) is -1.40. The Hall–Kier alpha value is -2.08. The highest BCUT2D eigenvalue weighted by atomic mass is 16.5. The van der Waals surface area contributed by atoms with Gasteiger partial charge in [-0.2, -0.15) is 0 Å². The minimum atomic E-state index is -1.66. The van der Waals surface area contributed by atoms with E-state index in [1.165, 1.54) is 6.92 Å². The molecule has 0 unspecified atom stereocenters. The second-order valence-electron chi connectivity index (χ2n) is 3.78. The van der Waals surface area contributed by atoms with Crippen LogP contribution in [0.15, 0.2) is 30.3 Å². The minimum Gasteiger partial charge on any atom is -0.479 e. The predicted molar refractivity (Wildman–Crippen MR) is 62.9 cm³/mol.